The predicted molar refractivity (Wildman–Crippen MR) is 67.0 cm³/mol. The monoisotopic (exact) mass is 234 g/mol. The van der Waals surface area contributed by atoms with Crippen LogP contribution in [0.25, 0.3) is 0 Å². The van der Waals surface area contributed by atoms with Gasteiger partial charge in [-0.05, 0) is 25.0 Å². The highest BCUT2D eigenvalue weighted by atomic mass is 16.3. The van der Waals surface area contributed by atoms with E-state index in [9.17, 15) is 9.90 Å². The van der Waals surface area contributed by atoms with Crippen LogP contribution in [0, 0.1) is 0 Å². The molecule has 0 spiro atoms. The van der Waals surface area contributed by atoms with E-state index in [2.05, 4.69) is 5.32 Å². The third kappa shape index (κ3) is 2.70. The number of hydrogen-bond acceptors (Lipinski definition) is 3. The van der Waals surface area contributed by atoms with Gasteiger partial charge in [-0.1, -0.05) is 12.1 Å². The molecule has 92 valence electrons. The molecular formula is C13H18N2O2. The molecule has 0 aliphatic carbocycles. The van der Waals surface area contributed by atoms with Crippen LogP contribution in [0.15, 0.2) is 24.3 Å². The molecule has 1 aliphatic heterocycles. The molecule has 0 saturated carbocycles. The Kier molecular flexibility index (Phi) is 3.52. The largest absolute Gasteiger partial charge is 0.506 e. The number of phenolic OH excluding ortho intramolecular Hbond substituents is 1. The summed E-state index contributed by atoms with van der Waals surface area (Å²) in [6.07, 6.45) is 2.09. The van der Waals surface area contributed by atoms with E-state index in [0.717, 1.165) is 25.1 Å². The second kappa shape index (κ2) is 5.08. The Morgan fingerprint density at radius 3 is 3.00 bits per heavy atom. The predicted octanol–water partition coefficient (Wildman–Crippen LogP) is 1.81. The number of aromatic hydroxyl groups is 1. The lowest BCUT2D eigenvalue weighted by Crippen LogP contribution is -2.38. The minimum absolute atomic E-state index is 0.131. The Labute approximate surface area is 101 Å². The van der Waals surface area contributed by atoms with Crippen LogP contribution in [0.3, 0.4) is 0 Å². The molecule has 1 unspecified atom stereocenters. The lowest BCUT2D eigenvalue weighted by molar-refractivity contribution is -0.129. The molecule has 4 heteroatoms. The van der Waals surface area contributed by atoms with Crippen LogP contribution < -0.4 is 5.32 Å². The summed E-state index contributed by atoms with van der Waals surface area (Å²) in [5, 5.41) is 12.8. The molecule has 1 amide bonds. The highest BCUT2D eigenvalue weighted by Gasteiger charge is 2.26. The van der Waals surface area contributed by atoms with E-state index >= 15 is 0 Å². The van der Waals surface area contributed by atoms with E-state index in [1.54, 1.807) is 19.1 Å². The molecular weight excluding hydrogens is 216 g/mol. The van der Waals surface area contributed by atoms with Gasteiger partial charge in [0.05, 0.1) is 5.69 Å². The molecule has 1 aromatic carbocycles. The van der Waals surface area contributed by atoms with Crippen molar-refractivity contribution in [1.82, 2.24) is 4.90 Å². The fourth-order valence-corrected chi connectivity index (χ4v) is 2.31. The fourth-order valence-electron chi connectivity index (χ4n) is 2.31. The first-order valence-electron chi connectivity index (χ1n) is 5.97. The van der Waals surface area contributed by atoms with Crippen molar-refractivity contribution in [2.45, 2.75) is 25.8 Å². The van der Waals surface area contributed by atoms with Gasteiger partial charge in [0.2, 0.25) is 5.91 Å². The molecule has 0 bridgehead atoms. The first-order chi connectivity index (χ1) is 8.18. The van der Waals surface area contributed by atoms with E-state index in [1.807, 2.05) is 17.0 Å². The van der Waals surface area contributed by atoms with Crippen LogP contribution >= 0.6 is 0 Å². The van der Waals surface area contributed by atoms with E-state index in [1.165, 1.54) is 0 Å². The van der Waals surface area contributed by atoms with E-state index < -0.39 is 0 Å². The molecule has 1 fully saturated rings. The first kappa shape index (κ1) is 11.8. The van der Waals surface area contributed by atoms with Gasteiger partial charge in [0.1, 0.15) is 5.75 Å². The standard InChI is InChI=1S/C13H18N2O2/c1-10(16)15-8-4-5-11(15)9-14-12-6-2-3-7-13(12)17/h2-3,6-7,11,14,17H,4-5,8-9H2,1H3. The number of hydrogen-bond donors (Lipinski definition) is 2. The molecule has 1 aromatic rings. The summed E-state index contributed by atoms with van der Waals surface area (Å²) in [4.78, 5) is 13.3. The minimum atomic E-state index is 0.131. The highest BCUT2D eigenvalue weighted by molar-refractivity contribution is 5.74. The Morgan fingerprint density at radius 1 is 1.53 bits per heavy atom. The average Bonchev–Trinajstić information content (AvgIpc) is 2.76. The second-order valence-electron chi connectivity index (χ2n) is 4.41. The number of nitrogens with zero attached hydrogens (tertiary/aromatic N) is 1. The van der Waals surface area contributed by atoms with Crippen LogP contribution in [0.2, 0.25) is 0 Å². The molecule has 4 nitrogen and oxygen atoms in total. The maximum absolute atomic E-state index is 11.4. The smallest absolute Gasteiger partial charge is 0.219 e. The summed E-state index contributed by atoms with van der Waals surface area (Å²) in [6, 6.07) is 7.39. The van der Waals surface area contributed by atoms with Gasteiger partial charge >= 0.3 is 0 Å². The van der Waals surface area contributed by atoms with Gasteiger partial charge in [0, 0.05) is 26.1 Å². The maximum atomic E-state index is 11.4. The second-order valence-corrected chi connectivity index (χ2v) is 4.41. The van der Waals surface area contributed by atoms with Gasteiger partial charge in [0.25, 0.3) is 0 Å². The molecule has 1 heterocycles. The van der Waals surface area contributed by atoms with Crippen LogP contribution in [-0.4, -0.2) is 35.0 Å². The summed E-state index contributed by atoms with van der Waals surface area (Å²) in [5.74, 6) is 0.381. The number of carbonyl (C=O) groups excluding carboxylic acids is 1. The molecule has 1 aliphatic rings. The van der Waals surface area contributed by atoms with Gasteiger partial charge in [-0.25, -0.2) is 0 Å². The zero-order chi connectivity index (χ0) is 12.3. The molecule has 1 atom stereocenters. The lowest BCUT2D eigenvalue weighted by atomic mass is 10.2. The molecule has 17 heavy (non-hydrogen) atoms. The van der Waals surface area contributed by atoms with Gasteiger partial charge in [-0.3, -0.25) is 4.79 Å². The van der Waals surface area contributed by atoms with Gasteiger partial charge in [-0.15, -0.1) is 0 Å². The van der Waals surface area contributed by atoms with Crippen molar-refractivity contribution < 1.29 is 9.90 Å². The summed E-state index contributed by atoms with van der Waals surface area (Å²) < 4.78 is 0. The third-order valence-electron chi connectivity index (χ3n) is 3.21. The number of nitrogens with one attached hydrogen (secondary N) is 1. The van der Waals surface area contributed by atoms with Crippen LogP contribution in [0.1, 0.15) is 19.8 Å². The van der Waals surface area contributed by atoms with Crippen LogP contribution in [-0.2, 0) is 4.79 Å². The highest BCUT2D eigenvalue weighted by Crippen LogP contribution is 2.23. The fraction of sp³-hybridized carbons (Fsp3) is 0.462. The average molecular weight is 234 g/mol. The Hall–Kier alpha value is -1.71. The number of anilines is 1. The normalized spacial score (nSPS) is 19.4. The topological polar surface area (TPSA) is 52.6 Å². The maximum Gasteiger partial charge on any atom is 0.219 e. The first-order valence-corrected chi connectivity index (χ1v) is 5.97. The molecule has 0 radical (unpaired) electrons. The summed E-state index contributed by atoms with van der Waals surface area (Å²) in [7, 11) is 0. The van der Waals surface area contributed by atoms with Crippen molar-refractivity contribution in [3.05, 3.63) is 24.3 Å². The van der Waals surface area contributed by atoms with Gasteiger partial charge in [0.15, 0.2) is 0 Å². The van der Waals surface area contributed by atoms with Crippen molar-refractivity contribution in [1.29, 1.82) is 0 Å². The number of para-hydroxylation sites is 2. The van der Waals surface area contributed by atoms with Crippen molar-refractivity contribution >= 4 is 11.6 Å². The van der Waals surface area contributed by atoms with Gasteiger partial charge < -0.3 is 15.3 Å². The van der Waals surface area contributed by atoms with E-state index in [4.69, 9.17) is 0 Å². The zero-order valence-corrected chi connectivity index (χ0v) is 10.0. The van der Waals surface area contributed by atoms with E-state index in [-0.39, 0.29) is 17.7 Å². The van der Waals surface area contributed by atoms with Crippen molar-refractivity contribution in [3.8, 4) is 5.75 Å². The quantitative estimate of drug-likeness (QED) is 0.784. The molecule has 2 N–H and O–H groups in total. The lowest BCUT2D eigenvalue weighted by Gasteiger charge is -2.24. The number of likely N-dealkylation sites (tertiary alicyclic amines) is 1. The summed E-state index contributed by atoms with van der Waals surface area (Å²) in [5.41, 5.74) is 0.725. The SMILES string of the molecule is CC(=O)N1CCCC1CNc1ccccc1O. The van der Waals surface area contributed by atoms with Crippen LogP contribution in [0.4, 0.5) is 5.69 Å². The summed E-state index contributed by atoms with van der Waals surface area (Å²) >= 11 is 0. The van der Waals surface area contributed by atoms with Crippen molar-refractivity contribution in [3.63, 3.8) is 0 Å². The molecule has 1 saturated heterocycles. The number of rotatable bonds is 3. The Bertz CT molecular complexity index is 406. The molecule has 2 rings (SSSR count). The zero-order valence-electron chi connectivity index (χ0n) is 10.0. The van der Waals surface area contributed by atoms with Crippen molar-refractivity contribution in [2.75, 3.05) is 18.4 Å². The Balaban J connectivity index is 1.94. The third-order valence-corrected chi connectivity index (χ3v) is 3.21. The number of benzene rings is 1. The van der Waals surface area contributed by atoms with E-state index in [0.29, 0.717) is 6.54 Å². The minimum Gasteiger partial charge on any atom is -0.506 e. The molecule has 0 aromatic heterocycles. The van der Waals surface area contributed by atoms with Crippen LogP contribution in [0.5, 0.6) is 5.75 Å². The Morgan fingerprint density at radius 2 is 2.29 bits per heavy atom. The van der Waals surface area contributed by atoms with Gasteiger partial charge in [-0.2, -0.15) is 0 Å². The number of carbonyl (C=O) groups is 1. The number of amides is 1. The number of phenols is 1. The summed E-state index contributed by atoms with van der Waals surface area (Å²) in [6.45, 7) is 3.15. The van der Waals surface area contributed by atoms with Crippen molar-refractivity contribution in [2.24, 2.45) is 0 Å².